The Kier molecular flexibility index (Phi) is 7.72. The number of Topliss-reactive ketones (excluding diaryl/α,β-unsaturated/α-hetero) is 1. The molecular formula is C17H31N3O3. The van der Waals surface area contributed by atoms with Gasteiger partial charge in [0, 0.05) is 19.6 Å². The highest BCUT2D eigenvalue weighted by Crippen LogP contribution is 2.26. The second-order valence-electron chi connectivity index (χ2n) is 7.08. The van der Waals surface area contributed by atoms with E-state index in [2.05, 4.69) is 22.5 Å². The topological polar surface area (TPSA) is 79.5 Å². The molecule has 0 aromatic rings. The van der Waals surface area contributed by atoms with Crippen LogP contribution < -0.4 is 16.0 Å². The predicted molar refractivity (Wildman–Crippen MR) is 91.4 cm³/mol. The van der Waals surface area contributed by atoms with E-state index in [1.807, 2.05) is 26.8 Å². The Morgan fingerprint density at radius 3 is 2.61 bits per heavy atom. The van der Waals surface area contributed by atoms with Gasteiger partial charge < -0.3 is 20.7 Å². The second-order valence-corrected chi connectivity index (χ2v) is 7.08. The fourth-order valence-electron chi connectivity index (χ4n) is 2.90. The van der Waals surface area contributed by atoms with Crippen molar-refractivity contribution in [2.75, 3.05) is 26.2 Å². The van der Waals surface area contributed by atoms with Gasteiger partial charge in [0.05, 0.1) is 6.04 Å². The molecule has 0 bridgehead atoms. The van der Waals surface area contributed by atoms with Crippen molar-refractivity contribution in [2.24, 2.45) is 11.8 Å². The maximum Gasteiger partial charge on any atom is 0.407 e. The number of hydrogen-bond acceptors (Lipinski definition) is 5. The van der Waals surface area contributed by atoms with Gasteiger partial charge in [0.15, 0.2) is 0 Å². The lowest BCUT2D eigenvalue weighted by atomic mass is 9.86. The number of carbonyl (C=O) groups is 2. The summed E-state index contributed by atoms with van der Waals surface area (Å²) in [5, 5.41) is 9.35. The minimum Gasteiger partial charge on any atom is -0.444 e. The van der Waals surface area contributed by atoms with Crippen LogP contribution in [0.2, 0.25) is 0 Å². The summed E-state index contributed by atoms with van der Waals surface area (Å²) < 4.78 is 5.17. The van der Waals surface area contributed by atoms with Crippen LogP contribution >= 0.6 is 0 Å². The third kappa shape index (κ3) is 7.14. The zero-order valence-electron chi connectivity index (χ0n) is 14.8. The molecule has 1 heterocycles. The van der Waals surface area contributed by atoms with E-state index in [1.165, 1.54) is 0 Å². The van der Waals surface area contributed by atoms with Crippen LogP contribution in [-0.4, -0.2) is 49.7 Å². The van der Waals surface area contributed by atoms with Crippen molar-refractivity contribution in [3.63, 3.8) is 0 Å². The highest BCUT2D eigenvalue weighted by Gasteiger charge is 2.36. The Morgan fingerprint density at radius 2 is 2.04 bits per heavy atom. The van der Waals surface area contributed by atoms with Gasteiger partial charge >= 0.3 is 6.09 Å². The SMILES string of the molecule is C=CC[C@@H]1[C@@H](CNCCNC(=O)OC(C)(C)C)CN[C@@H]1C(C)=O. The molecule has 23 heavy (non-hydrogen) atoms. The van der Waals surface area contributed by atoms with Gasteiger partial charge in [-0.3, -0.25) is 4.79 Å². The summed E-state index contributed by atoms with van der Waals surface area (Å²) in [6.07, 6.45) is 2.31. The number of rotatable bonds is 8. The van der Waals surface area contributed by atoms with E-state index < -0.39 is 11.7 Å². The van der Waals surface area contributed by atoms with Gasteiger partial charge in [0.2, 0.25) is 0 Å². The maximum atomic E-state index is 11.7. The summed E-state index contributed by atoms with van der Waals surface area (Å²) >= 11 is 0. The minimum absolute atomic E-state index is 0.0697. The Morgan fingerprint density at radius 1 is 1.35 bits per heavy atom. The smallest absolute Gasteiger partial charge is 0.407 e. The lowest BCUT2D eigenvalue weighted by Crippen LogP contribution is -2.38. The molecule has 0 saturated carbocycles. The van der Waals surface area contributed by atoms with E-state index >= 15 is 0 Å². The summed E-state index contributed by atoms with van der Waals surface area (Å²) in [4.78, 5) is 23.2. The van der Waals surface area contributed by atoms with Crippen LogP contribution in [0.15, 0.2) is 12.7 Å². The highest BCUT2D eigenvalue weighted by atomic mass is 16.6. The quantitative estimate of drug-likeness (QED) is 0.465. The van der Waals surface area contributed by atoms with Crippen LogP contribution in [0.1, 0.15) is 34.1 Å². The van der Waals surface area contributed by atoms with Crippen LogP contribution in [0.25, 0.3) is 0 Å². The third-order valence-electron chi connectivity index (χ3n) is 3.89. The zero-order chi connectivity index (χ0) is 17.5. The second kappa shape index (κ2) is 9.03. The Balaban J connectivity index is 2.26. The van der Waals surface area contributed by atoms with Crippen LogP contribution in [0.5, 0.6) is 0 Å². The van der Waals surface area contributed by atoms with Crippen molar-refractivity contribution < 1.29 is 14.3 Å². The number of alkyl carbamates (subject to hydrolysis) is 1. The van der Waals surface area contributed by atoms with Gasteiger partial charge in [-0.05, 0) is 52.5 Å². The van der Waals surface area contributed by atoms with Gasteiger partial charge in [-0.1, -0.05) is 6.08 Å². The summed E-state index contributed by atoms with van der Waals surface area (Å²) in [6, 6.07) is -0.0697. The zero-order valence-corrected chi connectivity index (χ0v) is 14.8. The molecule has 0 radical (unpaired) electrons. The van der Waals surface area contributed by atoms with E-state index in [1.54, 1.807) is 6.92 Å². The Labute approximate surface area is 139 Å². The van der Waals surface area contributed by atoms with Crippen LogP contribution in [0.3, 0.4) is 0 Å². The average Bonchev–Trinajstić information content (AvgIpc) is 2.80. The fourth-order valence-corrected chi connectivity index (χ4v) is 2.90. The molecular weight excluding hydrogens is 294 g/mol. The van der Waals surface area contributed by atoms with Gasteiger partial charge in [0.1, 0.15) is 11.4 Å². The standard InChI is InChI=1S/C17H31N3O3/c1-6-7-14-13(11-20-15(14)12(2)21)10-18-8-9-19-16(22)23-17(3,4)5/h6,13-15,18,20H,1,7-11H2,2-5H3,(H,19,22)/t13-,14+,15+/m0/s1. The Hall–Kier alpha value is -1.40. The largest absolute Gasteiger partial charge is 0.444 e. The number of ketones is 1. The number of allylic oxidation sites excluding steroid dienone is 1. The molecule has 0 aromatic heterocycles. The molecule has 132 valence electrons. The van der Waals surface area contributed by atoms with Crippen molar-refractivity contribution in [1.29, 1.82) is 0 Å². The molecule has 0 aliphatic carbocycles. The van der Waals surface area contributed by atoms with Crippen molar-refractivity contribution in [2.45, 2.75) is 45.8 Å². The number of amides is 1. The number of nitrogens with one attached hydrogen (secondary N) is 3. The highest BCUT2D eigenvalue weighted by molar-refractivity contribution is 5.82. The molecule has 6 nitrogen and oxygen atoms in total. The number of carbonyl (C=O) groups excluding carboxylic acids is 2. The van der Waals surface area contributed by atoms with Gasteiger partial charge in [0.25, 0.3) is 0 Å². The van der Waals surface area contributed by atoms with E-state index in [0.29, 0.717) is 19.0 Å². The van der Waals surface area contributed by atoms with Crippen molar-refractivity contribution >= 4 is 11.9 Å². The first-order valence-corrected chi connectivity index (χ1v) is 8.27. The van der Waals surface area contributed by atoms with Gasteiger partial charge in [-0.15, -0.1) is 6.58 Å². The molecule has 0 aromatic carbocycles. The van der Waals surface area contributed by atoms with E-state index in [-0.39, 0.29) is 17.7 Å². The number of hydrogen-bond donors (Lipinski definition) is 3. The van der Waals surface area contributed by atoms with Gasteiger partial charge in [-0.25, -0.2) is 4.79 Å². The van der Waals surface area contributed by atoms with Crippen molar-refractivity contribution in [1.82, 2.24) is 16.0 Å². The first-order chi connectivity index (χ1) is 10.7. The average molecular weight is 325 g/mol. The van der Waals surface area contributed by atoms with Gasteiger partial charge in [-0.2, -0.15) is 0 Å². The van der Waals surface area contributed by atoms with Crippen LogP contribution in [0, 0.1) is 11.8 Å². The van der Waals surface area contributed by atoms with Crippen LogP contribution in [0.4, 0.5) is 4.79 Å². The molecule has 1 fully saturated rings. The summed E-state index contributed by atoms with van der Waals surface area (Å²) in [5.74, 6) is 0.866. The van der Waals surface area contributed by atoms with E-state index in [0.717, 1.165) is 19.5 Å². The Bertz CT molecular complexity index is 418. The molecule has 3 atom stereocenters. The normalized spacial score (nSPS) is 24.3. The van der Waals surface area contributed by atoms with E-state index in [4.69, 9.17) is 4.74 Å². The predicted octanol–water partition coefficient (Wildman–Crippen LogP) is 1.47. The summed E-state index contributed by atoms with van der Waals surface area (Å²) in [6.45, 7) is 13.8. The van der Waals surface area contributed by atoms with Crippen LogP contribution in [-0.2, 0) is 9.53 Å². The minimum atomic E-state index is -0.480. The third-order valence-corrected chi connectivity index (χ3v) is 3.89. The van der Waals surface area contributed by atoms with E-state index in [9.17, 15) is 9.59 Å². The van der Waals surface area contributed by atoms with Crippen molar-refractivity contribution in [3.05, 3.63) is 12.7 Å². The van der Waals surface area contributed by atoms with Crippen molar-refractivity contribution in [3.8, 4) is 0 Å². The lowest BCUT2D eigenvalue weighted by molar-refractivity contribution is -0.119. The first-order valence-electron chi connectivity index (χ1n) is 8.27. The number of ether oxygens (including phenoxy) is 1. The molecule has 1 rings (SSSR count). The fraction of sp³-hybridized carbons (Fsp3) is 0.765. The first kappa shape index (κ1) is 19.6. The molecule has 0 spiro atoms. The monoisotopic (exact) mass is 325 g/mol. The molecule has 1 aliphatic heterocycles. The summed E-state index contributed by atoms with van der Waals surface area (Å²) in [5.41, 5.74) is -0.480. The molecule has 1 aliphatic rings. The molecule has 3 N–H and O–H groups in total. The molecule has 1 saturated heterocycles. The molecule has 0 unspecified atom stereocenters. The maximum absolute atomic E-state index is 11.7. The molecule has 6 heteroatoms. The molecule has 1 amide bonds. The lowest BCUT2D eigenvalue weighted by Gasteiger charge is -2.22. The summed E-state index contributed by atoms with van der Waals surface area (Å²) in [7, 11) is 0.